The van der Waals surface area contributed by atoms with E-state index in [-0.39, 0.29) is 29.5 Å². The molecule has 1 heterocycles. The fourth-order valence-electron chi connectivity index (χ4n) is 2.84. The van der Waals surface area contributed by atoms with Crippen molar-refractivity contribution in [2.24, 2.45) is 4.99 Å². The van der Waals surface area contributed by atoms with Crippen molar-refractivity contribution < 1.29 is 24.2 Å². The second-order valence-electron chi connectivity index (χ2n) is 6.71. The second-order valence-corrected chi connectivity index (χ2v) is 6.71. The van der Waals surface area contributed by atoms with E-state index in [9.17, 15) is 14.7 Å². The normalized spacial score (nSPS) is 14.5. The fraction of sp³-hybridized carbons (Fsp3) is 0.174. The van der Waals surface area contributed by atoms with Gasteiger partial charge in [-0.1, -0.05) is 29.8 Å². The van der Waals surface area contributed by atoms with Crippen LogP contribution in [0.1, 0.15) is 18.1 Å². The van der Waals surface area contributed by atoms with Gasteiger partial charge in [0.05, 0.1) is 12.8 Å². The van der Waals surface area contributed by atoms with E-state index in [4.69, 9.17) is 4.74 Å². The molecule has 7 nitrogen and oxygen atoms in total. The van der Waals surface area contributed by atoms with E-state index in [1.54, 1.807) is 37.3 Å². The Bertz CT molecular complexity index is 1050. The number of benzene rings is 2. The van der Waals surface area contributed by atoms with Gasteiger partial charge >= 0.3 is 5.97 Å². The van der Waals surface area contributed by atoms with Crippen molar-refractivity contribution in [3.63, 3.8) is 0 Å². The van der Waals surface area contributed by atoms with Crippen LogP contribution in [-0.4, -0.2) is 36.4 Å². The molecule has 3 rings (SSSR count). The number of aryl methyl sites for hydroxylation is 1. The zero-order valence-corrected chi connectivity index (χ0v) is 16.9. The summed E-state index contributed by atoms with van der Waals surface area (Å²) in [6.45, 7) is 3.48. The van der Waals surface area contributed by atoms with Gasteiger partial charge in [-0.25, -0.2) is 9.79 Å². The summed E-state index contributed by atoms with van der Waals surface area (Å²) in [5, 5.41) is 13.0. The first-order valence-corrected chi connectivity index (χ1v) is 9.26. The third kappa shape index (κ3) is 4.94. The van der Waals surface area contributed by atoms with Crippen LogP contribution in [0.25, 0.3) is 6.08 Å². The summed E-state index contributed by atoms with van der Waals surface area (Å²) < 4.78 is 10.2. The maximum atomic E-state index is 12.0. The zero-order chi connectivity index (χ0) is 21.7. The van der Waals surface area contributed by atoms with E-state index in [1.165, 1.54) is 7.11 Å². The maximum absolute atomic E-state index is 12.0. The SMILES string of the molecule is COC(=O)C1=C(O)/C(=C/c2ccc(OCC(=O)Nc3ccc(C)cc3)cc2)N=C1C. The molecule has 2 aromatic rings. The van der Waals surface area contributed by atoms with Crippen LogP contribution in [0, 0.1) is 6.92 Å². The van der Waals surface area contributed by atoms with Gasteiger partial charge in [-0.3, -0.25) is 4.79 Å². The van der Waals surface area contributed by atoms with E-state index in [2.05, 4.69) is 15.0 Å². The third-order valence-corrected chi connectivity index (χ3v) is 4.41. The Balaban J connectivity index is 1.61. The number of carbonyl (C=O) groups excluding carboxylic acids is 2. The van der Waals surface area contributed by atoms with Crippen molar-refractivity contribution >= 4 is 29.4 Å². The predicted molar refractivity (Wildman–Crippen MR) is 115 cm³/mol. The molecule has 7 heteroatoms. The maximum Gasteiger partial charge on any atom is 0.343 e. The zero-order valence-electron chi connectivity index (χ0n) is 16.9. The van der Waals surface area contributed by atoms with E-state index in [0.717, 1.165) is 11.1 Å². The number of ether oxygens (including phenoxy) is 2. The van der Waals surface area contributed by atoms with E-state index in [1.807, 2.05) is 31.2 Å². The lowest BCUT2D eigenvalue weighted by Crippen LogP contribution is -2.20. The largest absolute Gasteiger partial charge is 0.505 e. The number of esters is 1. The summed E-state index contributed by atoms with van der Waals surface area (Å²) in [4.78, 5) is 28.0. The Labute approximate surface area is 174 Å². The van der Waals surface area contributed by atoms with E-state index < -0.39 is 5.97 Å². The minimum absolute atomic E-state index is 0.0586. The number of aliphatic hydroxyl groups excluding tert-OH is 1. The molecule has 0 bridgehead atoms. The molecule has 2 N–H and O–H groups in total. The van der Waals surface area contributed by atoms with Crippen LogP contribution in [0.5, 0.6) is 5.75 Å². The molecule has 0 radical (unpaired) electrons. The number of anilines is 1. The van der Waals surface area contributed by atoms with Crippen molar-refractivity contribution in [2.75, 3.05) is 19.0 Å². The van der Waals surface area contributed by atoms with Gasteiger partial charge < -0.3 is 19.9 Å². The highest BCUT2D eigenvalue weighted by atomic mass is 16.5. The highest BCUT2D eigenvalue weighted by Gasteiger charge is 2.27. The molecule has 30 heavy (non-hydrogen) atoms. The van der Waals surface area contributed by atoms with Crippen molar-refractivity contribution in [3.05, 3.63) is 76.7 Å². The average Bonchev–Trinajstić information content (AvgIpc) is 3.01. The van der Waals surface area contributed by atoms with E-state index in [0.29, 0.717) is 17.1 Å². The Morgan fingerprint density at radius 2 is 1.73 bits per heavy atom. The molecule has 2 aromatic carbocycles. The quantitative estimate of drug-likeness (QED) is 0.711. The van der Waals surface area contributed by atoms with E-state index >= 15 is 0 Å². The molecule has 1 aliphatic heterocycles. The summed E-state index contributed by atoms with van der Waals surface area (Å²) in [7, 11) is 1.25. The van der Waals surface area contributed by atoms with Crippen LogP contribution < -0.4 is 10.1 Å². The molecule has 1 amide bonds. The van der Waals surface area contributed by atoms with Crippen LogP contribution in [0.4, 0.5) is 5.69 Å². The van der Waals surface area contributed by atoms with Gasteiger partial charge in [0.25, 0.3) is 5.91 Å². The van der Waals surface area contributed by atoms with Gasteiger partial charge in [0.1, 0.15) is 17.0 Å². The van der Waals surface area contributed by atoms with Gasteiger partial charge in [0.15, 0.2) is 12.4 Å². The van der Waals surface area contributed by atoms with Gasteiger partial charge in [-0.15, -0.1) is 0 Å². The molecule has 0 aliphatic carbocycles. The molecule has 0 saturated carbocycles. The second kappa shape index (κ2) is 9.09. The number of nitrogens with zero attached hydrogens (tertiary/aromatic N) is 1. The first kappa shape index (κ1) is 20.9. The highest BCUT2D eigenvalue weighted by Crippen LogP contribution is 2.26. The standard InChI is InChI=1S/C23H22N2O5/c1-14-4-8-17(9-5-14)25-20(26)13-30-18-10-6-16(7-11-18)12-19-22(27)21(15(2)24-19)23(28)29-3/h4-12,27H,13H2,1-3H3,(H,25,26)/b19-12-. The first-order chi connectivity index (χ1) is 14.4. The van der Waals surface area contributed by atoms with Crippen LogP contribution in [0.3, 0.4) is 0 Å². The summed E-state index contributed by atoms with van der Waals surface area (Å²) >= 11 is 0. The number of hydrogen-bond acceptors (Lipinski definition) is 6. The van der Waals surface area contributed by atoms with Crippen molar-refractivity contribution in [3.8, 4) is 5.75 Å². The summed E-state index contributed by atoms with van der Waals surface area (Å²) in [5.41, 5.74) is 3.30. The number of rotatable bonds is 6. The van der Waals surface area contributed by atoms with Crippen molar-refractivity contribution in [2.45, 2.75) is 13.8 Å². The number of aliphatic hydroxyl groups is 1. The Morgan fingerprint density at radius 3 is 2.37 bits per heavy atom. The van der Waals surface area contributed by atoms with Crippen molar-refractivity contribution in [1.29, 1.82) is 0 Å². The minimum Gasteiger partial charge on any atom is -0.505 e. The summed E-state index contributed by atoms with van der Waals surface area (Å²) in [6, 6.07) is 14.4. The lowest BCUT2D eigenvalue weighted by molar-refractivity contribution is -0.135. The van der Waals surface area contributed by atoms with Crippen molar-refractivity contribution in [1.82, 2.24) is 0 Å². The number of hydrogen-bond donors (Lipinski definition) is 2. The fourth-order valence-corrected chi connectivity index (χ4v) is 2.84. The Kier molecular flexibility index (Phi) is 6.32. The Morgan fingerprint density at radius 1 is 1.07 bits per heavy atom. The molecule has 154 valence electrons. The topological polar surface area (TPSA) is 97.2 Å². The molecule has 1 aliphatic rings. The van der Waals surface area contributed by atoms with Gasteiger partial charge in [0.2, 0.25) is 0 Å². The predicted octanol–water partition coefficient (Wildman–Crippen LogP) is 3.81. The monoisotopic (exact) mass is 406 g/mol. The third-order valence-electron chi connectivity index (χ3n) is 4.41. The molecular weight excluding hydrogens is 384 g/mol. The smallest absolute Gasteiger partial charge is 0.343 e. The number of methoxy groups -OCH3 is 1. The van der Waals surface area contributed by atoms with Gasteiger partial charge in [0, 0.05) is 5.69 Å². The molecular formula is C23H22N2O5. The lowest BCUT2D eigenvalue weighted by atomic mass is 10.1. The van der Waals surface area contributed by atoms with Crippen LogP contribution >= 0.6 is 0 Å². The average molecular weight is 406 g/mol. The lowest BCUT2D eigenvalue weighted by Gasteiger charge is -2.08. The highest BCUT2D eigenvalue weighted by molar-refractivity contribution is 6.22. The van der Waals surface area contributed by atoms with Crippen LogP contribution in [0.2, 0.25) is 0 Å². The molecule has 0 unspecified atom stereocenters. The molecule has 0 aromatic heterocycles. The van der Waals surface area contributed by atoms with Crippen LogP contribution in [-0.2, 0) is 14.3 Å². The summed E-state index contributed by atoms with van der Waals surface area (Å²) in [6.07, 6.45) is 1.64. The number of aliphatic imine (C=N–C) groups is 1. The number of amides is 1. The Hall–Kier alpha value is -3.87. The van der Waals surface area contributed by atoms with Crippen LogP contribution in [0.15, 0.2) is 70.6 Å². The van der Waals surface area contributed by atoms with Gasteiger partial charge in [-0.2, -0.15) is 0 Å². The molecule has 0 spiro atoms. The molecule has 0 saturated heterocycles. The minimum atomic E-state index is -0.634. The molecule has 0 fully saturated rings. The summed E-state index contributed by atoms with van der Waals surface area (Å²) in [5.74, 6) is -0.583. The van der Waals surface area contributed by atoms with Gasteiger partial charge in [-0.05, 0) is 49.8 Å². The number of carbonyl (C=O) groups is 2. The molecule has 0 atom stereocenters. The first-order valence-electron chi connectivity index (χ1n) is 9.26. The number of nitrogens with one attached hydrogen (secondary N) is 1.